The first-order chi connectivity index (χ1) is 17.3. The number of hydrogen-bond donors (Lipinski definition) is 1. The van der Waals surface area contributed by atoms with Crippen molar-refractivity contribution in [1.82, 2.24) is 34.7 Å². The quantitative estimate of drug-likeness (QED) is 0.376. The first kappa shape index (κ1) is 26.3. The lowest BCUT2D eigenvalue weighted by molar-refractivity contribution is -0.0207. The predicted octanol–water partition coefficient (Wildman–Crippen LogP) is 3.98. The molecule has 1 saturated heterocycles. The van der Waals surface area contributed by atoms with Crippen molar-refractivity contribution in [2.75, 3.05) is 26.1 Å². The zero-order valence-corrected chi connectivity index (χ0v) is 22.5. The molecule has 0 radical (unpaired) electrons. The molecule has 3 aromatic rings. The number of methoxy groups -OCH3 is 3. The number of nitrogens with zero attached hydrogens (tertiary/aromatic N) is 7. The molecular formula is C22H29ClN8O4S. The van der Waals surface area contributed by atoms with Crippen LogP contribution in [0.15, 0.2) is 18.7 Å². The van der Waals surface area contributed by atoms with E-state index in [4.69, 9.17) is 30.5 Å². The van der Waals surface area contributed by atoms with Crippen molar-refractivity contribution in [3.05, 3.63) is 35.4 Å². The summed E-state index contributed by atoms with van der Waals surface area (Å²) in [5.41, 5.74) is 0.195. The first-order valence-corrected chi connectivity index (χ1v) is 12.5. The highest BCUT2D eigenvalue weighted by Crippen LogP contribution is 2.42. The normalized spacial score (nSPS) is 18.6. The van der Waals surface area contributed by atoms with Crippen LogP contribution in [0.3, 0.4) is 0 Å². The number of rotatable bonds is 10. The van der Waals surface area contributed by atoms with Crippen molar-refractivity contribution < 1.29 is 18.9 Å². The van der Waals surface area contributed by atoms with E-state index in [1.165, 1.54) is 32.5 Å². The van der Waals surface area contributed by atoms with Crippen LogP contribution in [0.4, 0.5) is 5.95 Å². The van der Waals surface area contributed by atoms with Gasteiger partial charge in [0, 0.05) is 19.5 Å². The molecule has 36 heavy (non-hydrogen) atoms. The highest BCUT2D eigenvalue weighted by Gasteiger charge is 2.37. The van der Waals surface area contributed by atoms with Crippen molar-refractivity contribution in [3.8, 4) is 17.4 Å². The summed E-state index contributed by atoms with van der Waals surface area (Å²) in [5, 5.41) is 9.23. The monoisotopic (exact) mass is 536 g/mol. The second-order valence-corrected chi connectivity index (χ2v) is 10.3. The van der Waals surface area contributed by atoms with Crippen molar-refractivity contribution in [3.63, 3.8) is 0 Å². The minimum atomic E-state index is -0.404. The van der Waals surface area contributed by atoms with Crippen molar-refractivity contribution in [2.24, 2.45) is 0 Å². The summed E-state index contributed by atoms with van der Waals surface area (Å²) in [7, 11) is 4.67. The van der Waals surface area contributed by atoms with E-state index >= 15 is 0 Å². The molecule has 12 nitrogen and oxygen atoms in total. The number of ether oxygens (including phenoxy) is 4. The fourth-order valence-electron chi connectivity index (χ4n) is 3.98. The standard InChI is InChI=1S/C22H29ClN8O4S/c1-12(16(32-4)17-24-9-13(23)10-25-17)36-30-21-29-28-18(14-7-8-22(2,3)35-14)31(21)15-19(33-5)26-11-27-20(15)34-6/h9-12,14,16H,7-8H2,1-6H3,(H,29,30). The van der Waals surface area contributed by atoms with Gasteiger partial charge in [-0.1, -0.05) is 11.6 Å². The van der Waals surface area contributed by atoms with Crippen LogP contribution in [0.25, 0.3) is 5.69 Å². The molecule has 4 rings (SSSR count). The van der Waals surface area contributed by atoms with Gasteiger partial charge in [0.1, 0.15) is 18.5 Å². The fraction of sp³-hybridized carbons (Fsp3) is 0.545. The Morgan fingerprint density at radius 2 is 1.78 bits per heavy atom. The lowest BCUT2D eigenvalue weighted by Gasteiger charge is -2.22. The van der Waals surface area contributed by atoms with Gasteiger partial charge in [-0.25, -0.2) is 9.97 Å². The summed E-state index contributed by atoms with van der Waals surface area (Å²) >= 11 is 7.31. The Labute approximate surface area is 218 Å². The average Bonchev–Trinajstić information content (AvgIpc) is 3.45. The van der Waals surface area contributed by atoms with Crippen LogP contribution < -0.4 is 14.2 Å². The van der Waals surface area contributed by atoms with Crippen molar-refractivity contribution in [1.29, 1.82) is 0 Å². The predicted molar refractivity (Wildman–Crippen MR) is 135 cm³/mol. The van der Waals surface area contributed by atoms with E-state index in [2.05, 4.69) is 48.7 Å². The molecule has 0 amide bonds. The van der Waals surface area contributed by atoms with Crippen LogP contribution in [0.5, 0.6) is 11.8 Å². The molecule has 14 heteroatoms. The van der Waals surface area contributed by atoms with Gasteiger partial charge < -0.3 is 18.9 Å². The minimum Gasteiger partial charge on any atom is -0.479 e. The molecule has 0 saturated carbocycles. The topological polar surface area (TPSA) is 131 Å². The molecule has 1 aliphatic heterocycles. The van der Waals surface area contributed by atoms with E-state index in [9.17, 15) is 0 Å². The van der Waals surface area contributed by atoms with Gasteiger partial charge in [-0.05, 0) is 45.6 Å². The van der Waals surface area contributed by atoms with Gasteiger partial charge in [-0.15, -0.1) is 10.2 Å². The molecule has 0 spiro atoms. The summed E-state index contributed by atoms with van der Waals surface area (Å²) in [4.78, 5) is 17.1. The zero-order chi connectivity index (χ0) is 25.9. The Morgan fingerprint density at radius 3 is 2.33 bits per heavy atom. The molecular weight excluding hydrogens is 508 g/mol. The van der Waals surface area contributed by atoms with E-state index in [1.807, 2.05) is 6.92 Å². The molecule has 1 N–H and O–H groups in total. The van der Waals surface area contributed by atoms with E-state index in [1.54, 1.807) is 24.1 Å². The third-order valence-corrected chi connectivity index (χ3v) is 6.84. The van der Waals surface area contributed by atoms with E-state index in [-0.39, 0.29) is 17.0 Å². The second-order valence-electron chi connectivity index (χ2n) is 8.70. The van der Waals surface area contributed by atoms with Crippen molar-refractivity contribution >= 4 is 29.5 Å². The Kier molecular flexibility index (Phi) is 8.13. The van der Waals surface area contributed by atoms with Crippen LogP contribution in [-0.2, 0) is 9.47 Å². The molecule has 1 fully saturated rings. The van der Waals surface area contributed by atoms with Crippen LogP contribution in [-0.4, -0.2) is 66.9 Å². The highest BCUT2D eigenvalue weighted by atomic mass is 35.5. The van der Waals surface area contributed by atoms with Crippen LogP contribution in [0.2, 0.25) is 5.02 Å². The first-order valence-electron chi connectivity index (χ1n) is 11.3. The molecule has 1 aliphatic rings. The second kappa shape index (κ2) is 11.1. The summed E-state index contributed by atoms with van der Waals surface area (Å²) in [5.74, 6) is 2.16. The minimum absolute atomic E-state index is 0.123. The summed E-state index contributed by atoms with van der Waals surface area (Å²) in [6.45, 7) is 6.10. The number of aromatic nitrogens is 7. The molecule has 4 heterocycles. The molecule has 0 bridgehead atoms. The molecule has 0 aromatic carbocycles. The third-order valence-electron chi connectivity index (χ3n) is 5.72. The van der Waals surface area contributed by atoms with Crippen LogP contribution in [0, 0.1) is 0 Å². The van der Waals surface area contributed by atoms with E-state index in [0.717, 1.165) is 12.8 Å². The van der Waals surface area contributed by atoms with E-state index < -0.39 is 6.10 Å². The molecule has 194 valence electrons. The lowest BCUT2D eigenvalue weighted by atomic mass is 10.1. The van der Waals surface area contributed by atoms with Gasteiger partial charge in [0.05, 0.1) is 30.1 Å². The molecule has 0 aliphatic carbocycles. The lowest BCUT2D eigenvalue weighted by Crippen LogP contribution is -2.20. The molecule has 3 aromatic heterocycles. The van der Waals surface area contributed by atoms with Crippen molar-refractivity contribution in [2.45, 2.75) is 56.7 Å². The van der Waals surface area contributed by atoms with Crippen LogP contribution >= 0.6 is 23.5 Å². The Hall–Kier alpha value is -2.74. The fourth-order valence-corrected chi connectivity index (χ4v) is 4.85. The van der Waals surface area contributed by atoms with Gasteiger partial charge in [-0.3, -0.25) is 9.29 Å². The average molecular weight is 537 g/mol. The maximum atomic E-state index is 6.28. The van der Waals surface area contributed by atoms with Gasteiger partial charge in [0.2, 0.25) is 17.7 Å². The summed E-state index contributed by atoms with van der Waals surface area (Å²) < 4.78 is 28.1. The number of anilines is 1. The highest BCUT2D eigenvalue weighted by molar-refractivity contribution is 8.01. The van der Waals surface area contributed by atoms with Crippen LogP contribution in [0.1, 0.15) is 57.5 Å². The zero-order valence-electron chi connectivity index (χ0n) is 20.9. The Bertz CT molecular complexity index is 1160. The maximum Gasteiger partial charge on any atom is 0.245 e. The van der Waals surface area contributed by atoms with Gasteiger partial charge in [-0.2, -0.15) is 9.97 Å². The van der Waals surface area contributed by atoms with Gasteiger partial charge in [0.15, 0.2) is 17.3 Å². The Morgan fingerprint density at radius 1 is 1.11 bits per heavy atom. The largest absolute Gasteiger partial charge is 0.479 e. The molecule has 3 unspecified atom stereocenters. The number of nitrogens with one attached hydrogen (secondary N) is 1. The number of hydrogen-bond acceptors (Lipinski definition) is 12. The summed E-state index contributed by atoms with van der Waals surface area (Å²) in [6.07, 6.45) is 5.44. The summed E-state index contributed by atoms with van der Waals surface area (Å²) in [6, 6.07) is 0. The maximum absolute atomic E-state index is 6.28. The third kappa shape index (κ3) is 5.48. The number of halogens is 1. The van der Waals surface area contributed by atoms with E-state index in [0.29, 0.717) is 40.1 Å². The van der Waals surface area contributed by atoms with Gasteiger partial charge in [0.25, 0.3) is 0 Å². The molecule has 3 atom stereocenters. The Balaban J connectivity index is 1.68. The smallest absolute Gasteiger partial charge is 0.245 e. The van der Waals surface area contributed by atoms with Gasteiger partial charge >= 0.3 is 0 Å². The SMILES string of the molecule is COc1ncnc(OC)c1-n1c(NSC(C)C(OC)c2ncc(Cl)cn2)nnc1C1CCC(C)(C)O1.